The molecule has 18 nitrogen and oxygen atoms in total. The molecule has 4 aromatic heterocycles. The fraction of sp³-hybridized carbons (Fsp3) is 0.500. The highest BCUT2D eigenvalue weighted by Crippen LogP contribution is 2.57. The quantitative estimate of drug-likeness (QED) is 0.121. The van der Waals surface area contributed by atoms with Crippen molar-refractivity contribution in [2.45, 2.75) is 49.3 Å². The van der Waals surface area contributed by atoms with E-state index in [1.54, 1.807) is 16.8 Å². The van der Waals surface area contributed by atoms with Crippen LogP contribution in [0.1, 0.15) is 25.3 Å². The zero-order valence-electron chi connectivity index (χ0n) is 21.5. The zero-order valence-corrected chi connectivity index (χ0v) is 25.0. The molecular formula is C20H26N10O8P2S2. The first-order chi connectivity index (χ1) is 20.1. The van der Waals surface area contributed by atoms with E-state index in [2.05, 4.69) is 30.2 Å². The number of nitrogens with zero attached hydrogens (tertiary/aromatic N) is 7. The fourth-order valence-corrected chi connectivity index (χ4v) is 8.37. The number of hydrogen-bond acceptors (Lipinski definition) is 15. The highest BCUT2D eigenvalue weighted by atomic mass is 32.5. The summed E-state index contributed by atoms with van der Waals surface area (Å²) >= 11 is 10.5. The number of aromatic nitrogens is 8. The highest BCUT2D eigenvalue weighted by Gasteiger charge is 2.47. The van der Waals surface area contributed by atoms with Crippen LogP contribution in [0.15, 0.2) is 23.4 Å². The molecule has 226 valence electrons. The van der Waals surface area contributed by atoms with Crippen molar-refractivity contribution in [3.63, 3.8) is 0 Å². The van der Waals surface area contributed by atoms with E-state index in [0.717, 1.165) is 0 Å². The van der Waals surface area contributed by atoms with Gasteiger partial charge in [0.1, 0.15) is 30.1 Å². The first-order valence-corrected chi connectivity index (χ1v) is 17.7. The third-order valence-corrected chi connectivity index (χ3v) is 10.8. The summed E-state index contributed by atoms with van der Waals surface area (Å²) in [5.74, 6) is 0.146. The number of aliphatic hydroxyl groups excluding tert-OH is 1. The summed E-state index contributed by atoms with van der Waals surface area (Å²) in [6.07, 6.45) is -0.329. The lowest BCUT2D eigenvalue weighted by Crippen LogP contribution is -2.29. The Morgan fingerprint density at radius 2 is 2.07 bits per heavy atom. The minimum atomic E-state index is -3.72. The number of nitrogens with one attached hydrogen (secondary N) is 1. The van der Waals surface area contributed by atoms with Crippen molar-refractivity contribution >= 4 is 71.2 Å². The summed E-state index contributed by atoms with van der Waals surface area (Å²) in [6.45, 7) is -4.31. The molecule has 6 heterocycles. The predicted octanol–water partition coefficient (Wildman–Crippen LogP) is -0.738. The van der Waals surface area contributed by atoms with Gasteiger partial charge in [-0.2, -0.15) is 9.67 Å². The van der Waals surface area contributed by atoms with Crippen molar-refractivity contribution < 1.29 is 33.4 Å². The van der Waals surface area contributed by atoms with Gasteiger partial charge in [-0.1, -0.05) is 5.21 Å². The Hall–Kier alpha value is -2.48. The minimum Gasteiger partial charge on any atom is -0.394 e. The van der Waals surface area contributed by atoms with Gasteiger partial charge in [-0.25, -0.2) is 9.97 Å². The maximum Gasteiger partial charge on any atom is 0.282 e. The summed E-state index contributed by atoms with van der Waals surface area (Å²) in [6, 6.07) is 1.76. The van der Waals surface area contributed by atoms with Gasteiger partial charge in [-0.05, 0) is 36.1 Å². The number of aliphatic hydroxyl groups is 1. The molecule has 3 unspecified atom stereocenters. The van der Waals surface area contributed by atoms with Gasteiger partial charge < -0.3 is 49.4 Å². The Labute approximate surface area is 246 Å². The number of anilines is 2. The summed E-state index contributed by atoms with van der Waals surface area (Å²) < 4.78 is 26.7. The Morgan fingerprint density at radius 1 is 1.26 bits per heavy atom. The molecule has 22 heteroatoms. The van der Waals surface area contributed by atoms with Gasteiger partial charge in [0.15, 0.2) is 31.0 Å². The van der Waals surface area contributed by atoms with E-state index in [0.29, 0.717) is 16.9 Å². The number of nitrogens with two attached hydrogens (primary N) is 2. The van der Waals surface area contributed by atoms with Crippen molar-refractivity contribution in [3.05, 3.63) is 28.9 Å². The Kier molecular flexibility index (Phi) is 8.14. The summed E-state index contributed by atoms with van der Waals surface area (Å²) in [5, 5.41) is 18.3. The van der Waals surface area contributed by atoms with Crippen LogP contribution in [0.3, 0.4) is 0 Å². The summed E-state index contributed by atoms with van der Waals surface area (Å²) in [4.78, 5) is 48.4. The van der Waals surface area contributed by atoms with Gasteiger partial charge in [-0.3, -0.25) is 9.78 Å². The first-order valence-electron chi connectivity index (χ1n) is 12.5. The fourth-order valence-electron chi connectivity index (χ4n) is 5.16. The van der Waals surface area contributed by atoms with Crippen LogP contribution in [-0.4, -0.2) is 91.6 Å². The second kappa shape index (κ2) is 11.5. The molecule has 2 saturated heterocycles. The van der Waals surface area contributed by atoms with Crippen LogP contribution in [0.2, 0.25) is 0 Å². The first kappa shape index (κ1) is 29.6. The van der Waals surface area contributed by atoms with E-state index >= 15 is 0 Å². The average molecular weight is 661 g/mol. The number of ether oxygens (including phenoxy) is 2. The molecule has 0 spiro atoms. The second-order valence-electron chi connectivity index (χ2n) is 9.66. The number of fused-ring (bicyclic) bond motifs is 2. The molecule has 0 radical (unpaired) electrons. The normalized spacial score (nSPS) is 28.5. The van der Waals surface area contributed by atoms with Gasteiger partial charge >= 0.3 is 0 Å². The largest absolute Gasteiger partial charge is 0.394 e. The van der Waals surface area contributed by atoms with E-state index in [9.17, 15) is 19.7 Å². The molecule has 4 aromatic rings. The summed E-state index contributed by atoms with van der Waals surface area (Å²) in [7, 11) is -2.53. The van der Waals surface area contributed by atoms with Crippen molar-refractivity contribution in [1.82, 2.24) is 39.5 Å². The number of nitrogen functional groups attached to an aromatic ring is 2. The highest BCUT2D eigenvalue weighted by molar-refractivity contribution is 8.09. The number of H-pyrrole nitrogens is 1. The van der Waals surface area contributed by atoms with Crippen LogP contribution in [-0.2, 0) is 42.1 Å². The molecule has 0 amide bonds. The Morgan fingerprint density at radius 3 is 2.83 bits per heavy atom. The monoisotopic (exact) mass is 660 g/mol. The summed E-state index contributed by atoms with van der Waals surface area (Å²) in [5.41, 5.74) is 10.7. The molecule has 8 atom stereocenters. The smallest absolute Gasteiger partial charge is 0.282 e. The molecule has 2 aliphatic rings. The molecule has 0 aliphatic carbocycles. The molecule has 0 aromatic carbocycles. The molecule has 6 rings (SSSR count). The third-order valence-electron chi connectivity index (χ3n) is 7.09. The minimum absolute atomic E-state index is 0.0155. The van der Waals surface area contributed by atoms with Gasteiger partial charge in [0.05, 0.1) is 36.5 Å². The predicted molar refractivity (Wildman–Crippen MR) is 155 cm³/mol. The number of aromatic amines is 1. The van der Waals surface area contributed by atoms with Crippen LogP contribution in [0.25, 0.3) is 22.2 Å². The molecule has 0 saturated carbocycles. The maximum atomic E-state index is 12.3. The number of hydrogen-bond donors (Lipinski definition) is 6. The van der Waals surface area contributed by atoms with Crippen molar-refractivity contribution in [2.24, 2.45) is 0 Å². The second-order valence-corrected chi connectivity index (χ2v) is 15.1. The van der Waals surface area contributed by atoms with Gasteiger partial charge in [-0.15, -0.1) is 5.10 Å². The van der Waals surface area contributed by atoms with E-state index in [4.69, 9.17) is 53.6 Å². The lowest BCUT2D eigenvalue weighted by atomic mass is 10.2. The Balaban J connectivity index is 1.24. The Bertz CT molecular complexity index is 1770. The van der Waals surface area contributed by atoms with E-state index < -0.39 is 55.6 Å². The molecule has 42 heavy (non-hydrogen) atoms. The van der Waals surface area contributed by atoms with Gasteiger partial charge in [0, 0.05) is 12.6 Å². The van der Waals surface area contributed by atoms with Crippen LogP contribution in [0, 0.1) is 0 Å². The standard InChI is InChI=1S/C20H26N10O8P2S2/c21-15-9-1-2-29(16(9)24-7-23-15)13-4-10(38-39(33)41)11(37-13)6-35-40(34,42)12-3-8(5-31)36-19(12)30-17-14(27-28-30)18(32)26-20(22)25-17/h1-2,7-8,10-13,19,31,39H,3-6H2,(H,33,41)(H,34,42)(H2,21,23,24)(H3,22,25,26,32)/t8?,10-,11+,12+,13+,19+,40?/m0/s1. The third kappa shape index (κ3) is 5.48. The topological polar surface area (TPSA) is 257 Å². The molecular weight excluding hydrogens is 634 g/mol. The lowest BCUT2D eigenvalue weighted by molar-refractivity contribution is -0.0361. The molecule has 2 fully saturated rings. The molecule has 8 N–H and O–H groups in total. The maximum absolute atomic E-state index is 12.3. The van der Waals surface area contributed by atoms with Gasteiger partial charge in [0.2, 0.25) is 5.95 Å². The van der Waals surface area contributed by atoms with Crippen molar-refractivity contribution in [1.29, 1.82) is 0 Å². The molecule has 0 bridgehead atoms. The van der Waals surface area contributed by atoms with Gasteiger partial charge in [0.25, 0.3) is 5.56 Å². The zero-order chi connectivity index (χ0) is 29.8. The van der Waals surface area contributed by atoms with Crippen LogP contribution >= 0.6 is 13.6 Å². The lowest BCUT2D eigenvalue weighted by Gasteiger charge is -2.28. The van der Waals surface area contributed by atoms with E-state index in [-0.39, 0.29) is 43.2 Å². The van der Waals surface area contributed by atoms with Crippen molar-refractivity contribution in [2.75, 3.05) is 24.7 Å². The average Bonchev–Trinajstić information content (AvgIpc) is 3.71. The number of rotatable bonds is 9. The van der Waals surface area contributed by atoms with Crippen molar-refractivity contribution in [3.8, 4) is 0 Å². The van der Waals surface area contributed by atoms with E-state index in [1.165, 1.54) is 11.0 Å². The van der Waals surface area contributed by atoms with Crippen LogP contribution in [0.4, 0.5) is 11.8 Å². The van der Waals surface area contributed by atoms with E-state index in [1.807, 2.05) is 0 Å². The SMILES string of the molecule is Nc1nc2c(nnn2[C@@H]2OC(CO)C[C@H]2P(O)(=S)OC[C@H]2O[C@@H](n3ccc4c(N)ncnc43)C[C@@H]2O[PH](O)=S)c(=O)[nH]1. The van der Waals surface area contributed by atoms with Crippen LogP contribution < -0.4 is 17.0 Å². The van der Waals surface area contributed by atoms with Crippen LogP contribution in [0.5, 0.6) is 0 Å². The molecule has 2 aliphatic heterocycles.